The molecule has 0 saturated carbocycles. The average Bonchev–Trinajstić information content (AvgIpc) is 3.25. The van der Waals surface area contributed by atoms with Crippen LogP contribution in [0.2, 0.25) is 5.02 Å². The number of hydrogen-bond acceptors (Lipinski definition) is 6. The normalized spacial score (nSPS) is 12.8. The van der Waals surface area contributed by atoms with Crippen molar-refractivity contribution >= 4 is 23.5 Å². The number of nitrogens with zero attached hydrogens (tertiary/aromatic N) is 1. The summed E-state index contributed by atoms with van der Waals surface area (Å²) in [5.41, 5.74) is 1.68. The highest BCUT2D eigenvalue weighted by molar-refractivity contribution is 6.30. The van der Waals surface area contributed by atoms with Crippen LogP contribution in [0.3, 0.4) is 0 Å². The van der Waals surface area contributed by atoms with Crippen LogP contribution in [0.1, 0.15) is 22.5 Å². The van der Waals surface area contributed by atoms with Crippen molar-refractivity contribution in [1.29, 1.82) is 0 Å². The first kappa shape index (κ1) is 23.2. The molecule has 3 aromatic rings. The summed E-state index contributed by atoms with van der Waals surface area (Å²) in [4.78, 5) is 23.5. The predicted octanol–water partition coefficient (Wildman–Crippen LogP) is 3.32. The number of halogens is 2. The van der Waals surface area contributed by atoms with E-state index < -0.39 is 29.8 Å². The molecule has 168 valence electrons. The molecule has 0 bridgehead atoms. The second kappa shape index (κ2) is 10.3. The summed E-state index contributed by atoms with van der Waals surface area (Å²) in [5, 5.41) is 25.4. The van der Waals surface area contributed by atoms with Crippen molar-refractivity contribution in [2.45, 2.75) is 25.0 Å². The van der Waals surface area contributed by atoms with Crippen molar-refractivity contribution in [3.63, 3.8) is 0 Å². The number of nitrogens with one attached hydrogen (secondary N) is 1. The number of carbonyl (C=O) groups is 2. The van der Waals surface area contributed by atoms with Gasteiger partial charge in [-0.2, -0.15) is 0 Å². The van der Waals surface area contributed by atoms with Gasteiger partial charge in [0.2, 0.25) is 5.76 Å². The van der Waals surface area contributed by atoms with E-state index in [1.54, 1.807) is 24.3 Å². The van der Waals surface area contributed by atoms with Gasteiger partial charge in [-0.05, 0) is 40.9 Å². The fourth-order valence-corrected chi connectivity index (χ4v) is 3.28. The maximum absolute atomic E-state index is 14.1. The second-order valence-corrected chi connectivity index (χ2v) is 7.46. The third-order valence-electron chi connectivity index (χ3n) is 4.72. The molecule has 3 rings (SSSR count). The molecule has 0 spiro atoms. The number of aliphatic hydroxyl groups is 1. The SMILES string of the molecule is COc1cc(C(=O)NC(Cc2ccc(-c3cc(Cl)ccc3F)cc2)CC(O)C(=O)O)on1. The number of aromatic nitrogens is 1. The molecule has 8 nitrogen and oxygen atoms in total. The number of methoxy groups -OCH3 is 1. The summed E-state index contributed by atoms with van der Waals surface area (Å²) in [6.45, 7) is 0. The molecule has 0 saturated heterocycles. The number of ether oxygens (including phenoxy) is 1. The standard InChI is InChI=1S/C22H20ClFN2O6/c1-31-20-11-19(32-26-20)21(28)25-15(10-18(27)22(29)30)8-12-2-4-13(5-3-12)16-9-14(23)6-7-17(16)24/h2-7,9,11,15,18,27H,8,10H2,1H3,(H,25,28)(H,29,30). The van der Waals surface area contributed by atoms with Gasteiger partial charge in [-0.3, -0.25) is 4.79 Å². The number of aliphatic carboxylic acids is 1. The molecule has 1 heterocycles. The lowest BCUT2D eigenvalue weighted by atomic mass is 9.97. The minimum absolute atomic E-state index is 0.112. The Morgan fingerprint density at radius 2 is 1.94 bits per heavy atom. The maximum atomic E-state index is 14.1. The number of carbonyl (C=O) groups excluding carboxylic acids is 1. The highest BCUT2D eigenvalue weighted by Gasteiger charge is 2.24. The first-order valence-electron chi connectivity index (χ1n) is 9.53. The molecule has 2 unspecified atom stereocenters. The van der Waals surface area contributed by atoms with Gasteiger partial charge >= 0.3 is 5.97 Å². The molecule has 1 amide bonds. The van der Waals surface area contributed by atoms with Crippen LogP contribution in [-0.4, -0.2) is 46.5 Å². The lowest BCUT2D eigenvalue weighted by Crippen LogP contribution is -2.40. The zero-order valence-electron chi connectivity index (χ0n) is 16.9. The number of rotatable bonds is 9. The van der Waals surface area contributed by atoms with Gasteiger partial charge in [0.05, 0.1) is 13.2 Å². The Hall–Kier alpha value is -3.43. The third kappa shape index (κ3) is 5.83. The Morgan fingerprint density at radius 1 is 1.22 bits per heavy atom. The largest absolute Gasteiger partial charge is 0.479 e. The molecule has 0 aliphatic carbocycles. The zero-order valence-corrected chi connectivity index (χ0v) is 17.7. The lowest BCUT2D eigenvalue weighted by Gasteiger charge is -2.20. The molecule has 3 N–H and O–H groups in total. The molecule has 0 aliphatic heterocycles. The Morgan fingerprint density at radius 3 is 2.56 bits per heavy atom. The van der Waals surface area contributed by atoms with E-state index in [-0.39, 0.29) is 24.5 Å². The van der Waals surface area contributed by atoms with Crippen LogP contribution < -0.4 is 10.1 Å². The number of benzene rings is 2. The molecule has 1 aromatic heterocycles. The van der Waals surface area contributed by atoms with Gasteiger partial charge in [-0.25, -0.2) is 9.18 Å². The van der Waals surface area contributed by atoms with Crippen molar-refractivity contribution in [2.24, 2.45) is 0 Å². The van der Waals surface area contributed by atoms with E-state index in [2.05, 4.69) is 10.5 Å². The summed E-state index contributed by atoms with van der Waals surface area (Å²) < 4.78 is 23.9. The quantitative estimate of drug-likeness (QED) is 0.446. The highest BCUT2D eigenvalue weighted by Crippen LogP contribution is 2.26. The molecular formula is C22H20ClFN2O6. The van der Waals surface area contributed by atoms with Crippen molar-refractivity contribution in [3.8, 4) is 17.0 Å². The molecule has 0 fully saturated rings. The van der Waals surface area contributed by atoms with Gasteiger partial charge in [0.25, 0.3) is 11.8 Å². The van der Waals surface area contributed by atoms with Crippen LogP contribution >= 0.6 is 11.6 Å². The van der Waals surface area contributed by atoms with E-state index in [1.165, 1.54) is 31.4 Å². The topological polar surface area (TPSA) is 122 Å². The minimum atomic E-state index is -1.68. The van der Waals surface area contributed by atoms with Crippen molar-refractivity contribution in [2.75, 3.05) is 7.11 Å². The molecule has 0 aliphatic rings. The van der Waals surface area contributed by atoms with Crippen molar-refractivity contribution in [1.82, 2.24) is 10.5 Å². The van der Waals surface area contributed by atoms with Gasteiger partial charge in [0, 0.05) is 23.0 Å². The number of carboxylic acids is 1. The monoisotopic (exact) mass is 462 g/mol. The average molecular weight is 463 g/mol. The minimum Gasteiger partial charge on any atom is -0.479 e. The number of amides is 1. The Kier molecular flexibility index (Phi) is 7.45. The molecular weight excluding hydrogens is 443 g/mol. The van der Waals surface area contributed by atoms with Crippen LogP contribution in [0.15, 0.2) is 53.1 Å². The Labute approximate surface area is 187 Å². The fourth-order valence-electron chi connectivity index (χ4n) is 3.11. The first-order chi connectivity index (χ1) is 15.3. The number of carboxylic acid groups (broad SMARTS) is 1. The molecule has 0 radical (unpaired) electrons. The smallest absolute Gasteiger partial charge is 0.332 e. The van der Waals surface area contributed by atoms with Crippen molar-refractivity contribution < 1.29 is 33.5 Å². The Balaban J connectivity index is 1.77. The predicted molar refractivity (Wildman–Crippen MR) is 113 cm³/mol. The molecule has 10 heteroatoms. The summed E-state index contributed by atoms with van der Waals surface area (Å²) in [6, 6.07) is 11.6. The van der Waals surface area contributed by atoms with Crippen LogP contribution in [-0.2, 0) is 11.2 Å². The Bertz CT molecular complexity index is 1100. The van der Waals surface area contributed by atoms with Crippen LogP contribution in [0.5, 0.6) is 5.88 Å². The summed E-state index contributed by atoms with van der Waals surface area (Å²) in [7, 11) is 1.37. The highest BCUT2D eigenvalue weighted by atomic mass is 35.5. The van der Waals surface area contributed by atoms with Crippen LogP contribution in [0.25, 0.3) is 11.1 Å². The van der Waals surface area contributed by atoms with Gasteiger partial charge in [-0.1, -0.05) is 35.9 Å². The van der Waals surface area contributed by atoms with E-state index in [0.717, 1.165) is 5.56 Å². The molecule has 2 atom stereocenters. The number of aliphatic hydroxyl groups excluding tert-OH is 1. The third-order valence-corrected chi connectivity index (χ3v) is 4.96. The van der Waals surface area contributed by atoms with Crippen molar-refractivity contribution in [3.05, 3.63) is 70.7 Å². The van der Waals surface area contributed by atoms with E-state index in [0.29, 0.717) is 16.1 Å². The fraction of sp³-hybridized carbons (Fsp3) is 0.227. The van der Waals surface area contributed by atoms with E-state index >= 15 is 0 Å². The van der Waals surface area contributed by atoms with E-state index in [1.807, 2.05) is 0 Å². The molecule has 2 aromatic carbocycles. The summed E-state index contributed by atoms with van der Waals surface area (Å²) in [5.74, 6) is -2.47. The maximum Gasteiger partial charge on any atom is 0.332 e. The second-order valence-electron chi connectivity index (χ2n) is 7.02. The lowest BCUT2D eigenvalue weighted by molar-refractivity contribution is -0.147. The van der Waals surface area contributed by atoms with Gasteiger partial charge in [0.1, 0.15) is 5.82 Å². The number of hydrogen-bond donors (Lipinski definition) is 3. The van der Waals surface area contributed by atoms with E-state index in [9.17, 15) is 19.1 Å². The van der Waals surface area contributed by atoms with Gasteiger partial charge in [0.15, 0.2) is 6.10 Å². The van der Waals surface area contributed by atoms with Crippen LogP contribution in [0, 0.1) is 5.82 Å². The van der Waals surface area contributed by atoms with Crippen LogP contribution in [0.4, 0.5) is 4.39 Å². The van der Waals surface area contributed by atoms with Gasteiger partial charge < -0.3 is 24.8 Å². The van der Waals surface area contributed by atoms with Gasteiger partial charge in [-0.15, -0.1) is 0 Å². The summed E-state index contributed by atoms with van der Waals surface area (Å²) in [6.07, 6.45) is -1.71. The first-order valence-corrected chi connectivity index (χ1v) is 9.91. The zero-order chi connectivity index (χ0) is 23.3. The summed E-state index contributed by atoms with van der Waals surface area (Å²) >= 11 is 5.95. The molecule has 32 heavy (non-hydrogen) atoms. The van der Waals surface area contributed by atoms with E-state index in [4.69, 9.17) is 26.0 Å².